The van der Waals surface area contributed by atoms with Gasteiger partial charge in [0.15, 0.2) is 0 Å². The van der Waals surface area contributed by atoms with E-state index in [0.29, 0.717) is 11.4 Å². The molecule has 0 aliphatic rings. The molecule has 0 heterocycles. The summed E-state index contributed by atoms with van der Waals surface area (Å²) in [5.74, 6) is 0.149. The Morgan fingerprint density at radius 2 is 2.00 bits per heavy atom. The average Bonchev–Trinajstić information content (AvgIpc) is 2.33. The van der Waals surface area contributed by atoms with Gasteiger partial charge in [-0.2, -0.15) is 13.2 Å². The molecule has 0 fully saturated rings. The van der Waals surface area contributed by atoms with Crippen molar-refractivity contribution in [3.63, 3.8) is 0 Å². The second kappa shape index (κ2) is 7.90. The second-order valence-electron chi connectivity index (χ2n) is 4.35. The summed E-state index contributed by atoms with van der Waals surface area (Å²) in [6, 6.07) is 7.03. The van der Waals surface area contributed by atoms with Crippen LogP contribution in [0.1, 0.15) is 12.8 Å². The molecule has 0 aromatic heterocycles. The molecule has 120 valence electrons. The van der Waals surface area contributed by atoms with E-state index in [1.165, 1.54) is 11.8 Å². The fraction of sp³-hybridized carbons (Fsp3) is 0.500. The molecular weight excluding hydrogens is 325 g/mol. The quantitative estimate of drug-likeness (QED) is 0.433. The van der Waals surface area contributed by atoms with Crippen LogP contribution in [0.2, 0.25) is 0 Å². The summed E-state index contributed by atoms with van der Waals surface area (Å²) in [6.45, 7) is -0.204. The zero-order chi connectivity index (χ0) is 15.9. The summed E-state index contributed by atoms with van der Waals surface area (Å²) in [6.07, 6.45) is -5.51. The van der Waals surface area contributed by atoms with Crippen molar-refractivity contribution >= 4 is 27.5 Å². The van der Waals surface area contributed by atoms with E-state index in [2.05, 4.69) is 4.72 Å². The summed E-state index contributed by atoms with van der Waals surface area (Å²) in [7, 11) is -3.55. The molecule has 0 amide bonds. The highest BCUT2D eigenvalue weighted by Crippen LogP contribution is 2.21. The number of sulfonamides is 1. The maximum atomic E-state index is 11.9. The summed E-state index contributed by atoms with van der Waals surface area (Å²) >= 11 is 1.33. The van der Waals surface area contributed by atoms with Crippen LogP contribution in [0.5, 0.6) is 0 Å². The van der Waals surface area contributed by atoms with E-state index in [4.69, 9.17) is 5.73 Å². The number of nitrogen functional groups attached to an aromatic ring is 1. The standard InChI is InChI=1S/C12H17F3N2O2S2/c13-12(14,15)5-2-6-17-21(18,19)8-7-20-11-4-1-3-10(16)9-11/h1,3-4,9,17H,2,5-8,16H2. The highest BCUT2D eigenvalue weighted by atomic mass is 32.2. The van der Waals surface area contributed by atoms with Crippen LogP contribution in [0.25, 0.3) is 0 Å². The molecule has 21 heavy (non-hydrogen) atoms. The van der Waals surface area contributed by atoms with Crippen LogP contribution in [0.3, 0.4) is 0 Å². The van der Waals surface area contributed by atoms with Gasteiger partial charge in [0.2, 0.25) is 10.0 Å². The van der Waals surface area contributed by atoms with Crippen LogP contribution in [-0.2, 0) is 10.0 Å². The first kappa shape index (κ1) is 18.1. The molecule has 0 aliphatic carbocycles. The second-order valence-corrected chi connectivity index (χ2v) is 7.45. The molecule has 0 atom stereocenters. The third-order valence-electron chi connectivity index (χ3n) is 2.44. The molecule has 0 bridgehead atoms. The summed E-state index contributed by atoms with van der Waals surface area (Å²) < 4.78 is 61.1. The van der Waals surface area contributed by atoms with Crippen LogP contribution in [-0.4, -0.2) is 32.6 Å². The minimum atomic E-state index is -4.26. The van der Waals surface area contributed by atoms with E-state index in [1.54, 1.807) is 18.2 Å². The summed E-state index contributed by atoms with van der Waals surface area (Å²) in [5, 5.41) is 0. The number of thioether (sulfide) groups is 1. The van der Waals surface area contributed by atoms with Crippen molar-refractivity contribution in [2.24, 2.45) is 0 Å². The van der Waals surface area contributed by atoms with E-state index < -0.39 is 22.6 Å². The SMILES string of the molecule is Nc1cccc(SCCS(=O)(=O)NCCCC(F)(F)F)c1. The van der Waals surface area contributed by atoms with Gasteiger partial charge in [0.25, 0.3) is 0 Å². The third kappa shape index (κ3) is 8.84. The van der Waals surface area contributed by atoms with E-state index in [9.17, 15) is 21.6 Å². The average molecular weight is 342 g/mol. The van der Waals surface area contributed by atoms with E-state index >= 15 is 0 Å². The maximum Gasteiger partial charge on any atom is 0.389 e. The van der Waals surface area contributed by atoms with Crippen molar-refractivity contribution in [2.45, 2.75) is 23.9 Å². The van der Waals surface area contributed by atoms with Crippen LogP contribution in [0.15, 0.2) is 29.2 Å². The first-order valence-electron chi connectivity index (χ1n) is 6.20. The van der Waals surface area contributed by atoms with Crippen LogP contribution in [0, 0.1) is 0 Å². The van der Waals surface area contributed by atoms with Gasteiger partial charge in [-0.25, -0.2) is 13.1 Å². The van der Waals surface area contributed by atoms with E-state index in [-0.39, 0.29) is 18.7 Å². The molecule has 9 heteroatoms. The Kier molecular flexibility index (Phi) is 6.82. The molecule has 0 spiro atoms. The molecule has 1 aromatic rings. The van der Waals surface area contributed by atoms with Gasteiger partial charge in [-0.15, -0.1) is 11.8 Å². The molecule has 0 unspecified atom stereocenters. The van der Waals surface area contributed by atoms with Crippen LogP contribution >= 0.6 is 11.8 Å². The van der Waals surface area contributed by atoms with Gasteiger partial charge < -0.3 is 5.73 Å². The normalized spacial score (nSPS) is 12.5. The smallest absolute Gasteiger partial charge is 0.389 e. The number of alkyl halides is 3. The van der Waals surface area contributed by atoms with Gasteiger partial charge >= 0.3 is 6.18 Å². The number of nitrogens with one attached hydrogen (secondary N) is 1. The largest absolute Gasteiger partial charge is 0.399 e. The number of hydrogen-bond acceptors (Lipinski definition) is 4. The maximum absolute atomic E-state index is 11.9. The lowest BCUT2D eigenvalue weighted by Gasteiger charge is -2.08. The molecule has 0 radical (unpaired) electrons. The van der Waals surface area contributed by atoms with Gasteiger partial charge in [0.05, 0.1) is 5.75 Å². The number of anilines is 1. The van der Waals surface area contributed by atoms with Crippen molar-refractivity contribution in [3.05, 3.63) is 24.3 Å². The molecule has 0 saturated carbocycles. The Morgan fingerprint density at radius 3 is 2.62 bits per heavy atom. The fourth-order valence-electron chi connectivity index (χ4n) is 1.46. The van der Waals surface area contributed by atoms with E-state index in [1.807, 2.05) is 6.07 Å². The number of rotatable bonds is 8. The minimum absolute atomic E-state index is 0.154. The molecule has 4 nitrogen and oxygen atoms in total. The van der Waals surface area contributed by atoms with Gasteiger partial charge in [-0.05, 0) is 24.6 Å². The predicted molar refractivity (Wildman–Crippen MR) is 78.7 cm³/mol. The third-order valence-corrected chi connectivity index (χ3v) is 5.08. The highest BCUT2D eigenvalue weighted by Gasteiger charge is 2.26. The zero-order valence-corrected chi connectivity index (χ0v) is 12.8. The summed E-state index contributed by atoms with van der Waals surface area (Å²) in [5.41, 5.74) is 6.19. The Labute approximate surface area is 126 Å². The number of hydrogen-bond donors (Lipinski definition) is 2. The van der Waals surface area contributed by atoms with Gasteiger partial charge in [0.1, 0.15) is 0 Å². The lowest BCUT2D eigenvalue weighted by molar-refractivity contribution is -0.135. The predicted octanol–water partition coefficient (Wildman–Crippen LogP) is 2.62. The van der Waals surface area contributed by atoms with Crippen molar-refractivity contribution in [3.8, 4) is 0 Å². The molecular formula is C12H17F3N2O2S2. The van der Waals surface area contributed by atoms with Crippen LogP contribution in [0.4, 0.5) is 18.9 Å². The fourth-order valence-corrected chi connectivity index (χ4v) is 3.90. The first-order chi connectivity index (χ1) is 9.68. The van der Waals surface area contributed by atoms with Crippen LogP contribution < -0.4 is 10.5 Å². The van der Waals surface area contributed by atoms with Crippen molar-refractivity contribution in [1.29, 1.82) is 0 Å². The number of benzene rings is 1. The molecule has 0 aliphatic heterocycles. The Morgan fingerprint density at radius 1 is 1.29 bits per heavy atom. The van der Waals surface area contributed by atoms with Crippen molar-refractivity contribution < 1.29 is 21.6 Å². The molecule has 0 saturated heterocycles. The lowest BCUT2D eigenvalue weighted by atomic mass is 10.3. The van der Waals surface area contributed by atoms with Crippen molar-refractivity contribution in [1.82, 2.24) is 4.72 Å². The molecule has 1 rings (SSSR count). The Hall–Kier alpha value is -0.930. The van der Waals surface area contributed by atoms with E-state index in [0.717, 1.165) is 4.90 Å². The monoisotopic (exact) mass is 342 g/mol. The van der Waals surface area contributed by atoms with Gasteiger partial charge in [-0.1, -0.05) is 6.07 Å². The topological polar surface area (TPSA) is 72.2 Å². The lowest BCUT2D eigenvalue weighted by Crippen LogP contribution is -2.29. The van der Waals surface area contributed by atoms with Gasteiger partial charge in [-0.3, -0.25) is 0 Å². The highest BCUT2D eigenvalue weighted by molar-refractivity contribution is 8.00. The summed E-state index contributed by atoms with van der Waals surface area (Å²) in [4.78, 5) is 0.849. The molecule has 3 N–H and O–H groups in total. The Bertz CT molecular complexity index is 548. The zero-order valence-electron chi connectivity index (χ0n) is 11.2. The van der Waals surface area contributed by atoms with Gasteiger partial charge in [0, 0.05) is 29.3 Å². The number of nitrogens with two attached hydrogens (primary N) is 1. The molecule has 1 aromatic carbocycles. The first-order valence-corrected chi connectivity index (χ1v) is 8.84. The Balaban J connectivity index is 2.27. The minimum Gasteiger partial charge on any atom is -0.399 e. The van der Waals surface area contributed by atoms with Crippen molar-refractivity contribution in [2.75, 3.05) is 23.8 Å². The number of halogens is 3.